The van der Waals surface area contributed by atoms with Gasteiger partial charge in [0.2, 0.25) is 0 Å². The summed E-state index contributed by atoms with van der Waals surface area (Å²) in [5, 5.41) is 0. The fourth-order valence-electron chi connectivity index (χ4n) is 5.74. The first-order valence-electron chi connectivity index (χ1n) is 15.8. The maximum absolute atomic E-state index is 13.1. The first kappa shape index (κ1) is 41.7. The SMILES string of the molecule is CC[Si](OC)(OC)C(C(=O)c1ccccc1)C(=O)c1ccccc1.CC[Si](OC)(OC)C(C(=O)c1ccccc1)C(=O)c1ccccc1.[Pt+2]. The third kappa shape index (κ3) is 9.82. The molecule has 4 aromatic rings. The molecule has 0 fully saturated rings. The van der Waals surface area contributed by atoms with Crippen molar-refractivity contribution in [2.45, 2.75) is 37.0 Å². The fraction of sp³-hybridized carbons (Fsp3) is 0.263. The Kier molecular flexibility index (Phi) is 17.2. The molecule has 0 saturated heterocycles. The van der Waals surface area contributed by atoms with Crippen LogP contribution in [0.1, 0.15) is 55.3 Å². The summed E-state index contributed by atoms with van der Waals surface area (Å²) >= 11 is 0. The molecule has 0 aromatic heterocycles. The van der Waals surface area contributed by atoms with E-state index in [1.54, 1.807) is 97.1 Å². The Labute approximate surface area is 305 Å². The van der Waals surface area contributed by atoms with Gasteiger partial charge in [-0.25, -0.2) is 0 Å². The Morgan fingerprint density at radius 2 is 0.612 bits per heavy atom. The van der Waals surface area contributed by atoms with E-state index in [0.29, 0.717) is 34.3 Å². The Balaban J connectivity index is 0.000000333. The first-order valence-corrected chi connectivity index (χ1v) is 20.0. The molecule has 0 aliphatic heterocycles. The van der Waals surface area contributed by atoms with Gasteiger partial charge >= 0.3 is 38.2 Å². The molecule has 4 rings (SSSR count). The topological polar surface area (TPSA) is 105 Å². The number of benzene rings is 4. The molecule has 0 aliphatic rings. The second-order valence-corrected chi connectivity index (χ2v) is 18.4. The molecule has 0 spiro atoms. The van der Waals surface area contributed by atoms with Gasteiger partial charge in [-0.3, -0.25) is 19.2 Å². The van der Waals surface area contributed by atoms with Gasteiger partial charge in [0.1, 0.15) is 11.1 Å². The van der Waals surface area contributed by atoms with E-state index in [2.05, 4.69) is 0 Å². The summed E-state index contributed by atoms with van der Waals surface area (Å²) in [6.45, 7) is 3.78. The predicted octanol–water partition coefficient (Wildman–Crippen LogP) is 7.75. The molecule has 0 radical (unpaired) electrons. The van der Waals surface area contributed by atoms with Crippen LogP contribution >= 0.6 is 0 Å². The van der Waals surface area contributed by atoms with E-state index in [1.165, 1.54) is 28.4 Å². The van der Waals surface area contributed by atoms with E-state index < -0.39 is 28.2 Å². The van der Waals surface area contributed by atoms with Crippen LogP contribution in [-0.2, 0) is 38.8 Å². The molecule has 0 unspecified atom stereocenters. The average molecular weight is 880 g/mol. The van der Waals surface area contributed by atoms with E-state index in [9.17, 15) is 19.2 Å². The van der Waals surface area contributed by atoms with Crippen LogP contribution in [-0.4, -0.2) is 68.7 Å². The largest absolute Gasteiger partial charge is 2.00 e. The summed E-state index contributed by atoms with van der Waals surface area (Å²) in [6, 6.07) is 36.3. The molecule has 0 bridgehead atoms. The summed E-state index contributed by atoms with van der Waals surface area (Å²) in [4.78, 5) is 52.5. The second kappa shape index (κ2) is 20.3. The molecule has 8 nitrogen and oxygen atoms in total. The van der Waals surface area contributed by atoms with Crippen LogP contribution in [0.15, 0.2) is 121 Å². The van der Waals surface area contributed by atoms with Crippen molar-refractivity contribution in [1.82, 2.24) is 0 Å². The van der Waals surface area contributed by atoms with Crippen molar-refractivity contribution < 1.29 is 57.9 Å². The molecule has 49 heavy (non-hydrogen) atoms. The summed E-state index contributed by atoms with van der Waals surface area (Å²) in [6.07, 6.45) is 0. The van der Waals surface area contributed by atoms with Gasteiger partial charge in [0.25, 0.3) is 0 Å². The normalized spacial score (nSPS) is 11.3. The monoisotopic (exact) mass is 879 g/mol. The molecule has 0 heterocycles. The van der Waals surface area contributed by atoms with E-state index in [-0.39, 0.29) is 44.2 Å². The number of hydrogen-bond acceptors (Lipinski definition) is 8. The van der Waals surface area contributed by atoms with Gasteiger partial charge in [0, 0.05) is 50.7 Å². The molecular weight excluding hydrogens is 836 g/mol. The van der Waals surface area contributed by atoms with Crippen LogP contribution in [0.3, 0.4) is 0 Å². The zero-order valence-corrected chi connectivity index (χ0v) is 33.0. The first-order chi connectivity index (χ1) is 23.2. The minimum atomic E-state index is -3.04. The Morgan fingerprint density at radius 3 is 0.755 bits per heavy atom. The standard InChI is InChI=1S/2C19H22O4Si.Pt/c2*1-4-24(22-2,23-3)19(17(20)15-11-7-5-8-12-15)18(21)16-13-9-6-10-14-16;/h2*5-14,19H,4H2,1-3H3;/q;;+2. The summed E-state index contributed by atoms with van der Waals surface area (Å²) in [7, 11) is -0.00874. The number of carbonyl (C=O) groups excluding carboxylic acids is 4. The number of hydrogen-bond donors (Lipinski definition) is 0. The van der Waals surface area contributed by atoms with E-state index in [1.807, 2.05) is 38.1 Å². The molecule has 0 saturated carbocycles. The molecule has 0 amide bonds. The van der Waals surface area contributed by atoms with Crippen molar-refractivity contribution in [2.24, 2.45) is 0 Å². The third-order valence-electron chi connectivity index (χ3n) is 8.53. The van der Waals surface area contributed by atoms with Crippen LogP contribution < -0.4 is 0 Å². The van der Waals surface area contributed by atoms with Crippen LogP contribution in [0.25, 0.3) is 0 Å². The number of Topliss-reactive ketones (excluding diaryl/α,β-unsaturated/α-hetero) is 4. The molecular formula is C38H44O8PtSi2+2. The summed E-state index contributed by atoms with van der Waals surface area (Å²) < 4.78 is 22.6. The van der Waals surface area contributed by atoms with Crippen LogP contribution in [0.5, 0.6) is 0 Å². The molecule has 4 aromatic carbocycles. The zero-order chi connectivity index (χ0) is 35.2. The van der Waals surface area contributed by atoms with Gasteiger partial charge in [-0.2, -0.15) is 0 Å². The maximum Gasteiger partial charge on any atom is 2.00 e. The minimum absolute atomic E-state index is 0. The third-order valence-corrected chi connectivity index (χ3v) is 16.1. The summed E-state index contributed by atoms with van der Waals surface area (Å²) in [5.41, 5.74) is 0.0828. The molecule has 0 N–H and O–H groups in total. The Hall–Kier alpha value is -3.48. The summed E-state index contributed by atoms with van der Waals surface area (Å²) in [5.74, 6) is -0.994. The van der Waals surface area contributed by atoms with Gasteiger partial charge in [-0.05, 0) is 12.1 Å². The second-order valence-electron chi connectivity index (χ2n) is 10.9. The zero-order valence-electron chi connectivity index (χ0n) is 28.7. The Bertz CT molecular complexity index is 1370. The smallest absolute Gasteiger partial charge is 0.397 e. The van der Waals surface area contributed by atoms with Gasteiger partial charge in [-0.1, -0.05) is 135 Å². The number of rotatable bonds is 16. The number of ketones is 4. The van der Waals surface area contributed by atoms with E-state index >= 15 is 0 Å². The van der Waals surface area contributed by atoms with Gasteiger partial charge in [0.15, 0.2) is 23.1 Å². The molecule has 11 heteroatoms. The van der Waals surface area contributed by atoms with Crippen molar-refractivity contribution in [3.63, 3.8) is 0 Å². The fourth-order valence-corrected chi connectivity index (χ4v) is 11.2. The van der Waals surface area contributed by atoms with Gasteiger partial charge in [0.05, 0.1) is 0 Å². The van der Waals surface area contributed by atoms with Crippen molar-refractivity contribution in [1.29, 1.82) is 0 Å². The maximum atomic E-state index is 13.1. The van der Waals surface area contributed by atoms with Crippen molar-refractivity contribution in [3.8, 4) is 0 Å². The van der Waals surface area contributed by atoms with Crippen LogP contribution in [0.2, 0.25) is 23.2 Å². The average Bonchev–Trinajstić information content (AvgIpc) is 3.17. The molecule has 0 atom stereocenters. The minimum Gasteiger partial charge on any atom is -0.397 e. The quantitative estimate of drug-likeness (QED) is 0.0640. The van der Waals surface area contributed by atoms with Crippen LogP contribution in [0.4, 0.5) is 0 Å². The van der Waals surface area contributed by atoms with E-state index in [0.717, 1.165) is 0 Å². The van der Waals surface area contributed by atoms with E-state index in [4.69, 9.17) is 17.7 Å². The van der Waals surface area contributed by atoms with Crippen molar-refractivity contribution in [2.75, 3.05) is 28.4 Å². The Morgan fingerprint density at radius 1 is 0.429 bits per heavy atom. The number of carbonyl (C=O) groups is 4. The van der Waals surface area contributed by atoms with Crippen LogP contribution in [0, 0.1) is 0 Å². The molecule has 0 aliphatic carbocycles. The molecule has 260 valence electrons. The van der Waals surface area contributed by atoms with Crippen molar-refractivity contribution in [3.05, 3.63) is 144 Å². The van der Waals surface area contributed by atoms with Crippen molar-refractivity contribution >= 4 is 40.3 Å². The predicted molar refractivity (Wildman–Crippen MR) is 191 cm³/mol. The van der Waals surface area contributed by atoms with Gasteiger partial charge < -0.3 is 17.7 Å². The van der Waals surface area contributed by atoms with Gasteiger partial charge in [-0.15, -0.1) is 0 Å².